The van der Waals surface area contributed by atoms with Gasteiger partial charge in [-0.05, 0) is 32.9 Å². The molecule has 1 saturated heterocycles. The normalized spacial score (nSPS) is 18.4. The molecule has 0 spiro atoms. The third-order valence-electron chi connectivity index (χ3n) is 6.05. The van der Waals surface area contributed by atoms with E-state index in [0.717, 1.165) is 31.8 Å². The maximum atomic E-state index is 14.3. The number of nitrogens with zero attached hydrogens (tertiary/aromatic N) is 4. The topological polar surface area (TPSA) is 77.4 Å². The summed E-state index contributed by atoms with van der Waals surface area (Å²) in [5.74, 6) is -2.46. The van der Waals surface area contributed by atoms with Crippen molar-refractivity contribution in [1.82, 2.24) is 24.6 Å². The first-order valence-corrected chi connectivity index (χ1v) is 10.4. The SMILES string of the molecule is CC(C)N1CCN(Cc2nn(C)c3[nH]c(-c4c(F)cccc4F)c(O)c(=O)c23)C[C@H]1C. The van der Waals surface area contributed by atoms with Crippen LogP contribution in [0.5, 0.6) is 5.75 Å². The van der Waals surface area contributed by atoms with Crippen LogP contribution in [0.25, 0.3) is 22.3 Å². The number of pyridine rings is 1. The third kappa shape index (κ3) is 3.72. The molecule has 2 N–H and O–H groups in total. The van der Waals surface area contributed by atoms with Crippen LogP contribution in [0.2, 0.25) is 0 Å². The second kappa shape index (κ2) is 8.05. The molecular formula is C22H27F2N5O2. The van der Waals surface area contributed by atoms with Gasteiger partial charge in [-0.1, -0.05) is 6.07 Å². The first-order valence-electron chi connectivity index (χ1n) is 10.4. The van der Waals surface area contributed by atoms with Crippen molar-refractivity contribution in [3.8, 4) is 17.0 Å². The van der Waals surface area contributed by atoms with Crippen LogP contribution in [0.3, 0.4) is 0 Å². The van der Waals surface area contributed by atoms with Crippen molar-refractivity contribution in [1.29, 1.82) is 0 Å². The molecule has 0 aliphatic carbocycles. The minimum absolute atomic E-state index is 0.236. The fourth-order valence-corrected chi connectivity index (χ4v) is 4.57. The molecule has 0 radical (unpaired) electrons. The van der Waals surface area contributed by atoms with E-state index in [9.17, 15) is 18.7 Å². The van der Waals surface area contributed by atoms with E-state index in [0.29, 0.717) is 30.0 Å². The Morgan fingerprint density at radius 2 is 1.94 bits per heavy atom. The van der Waals surface area contributed by atoms with Crippen LogP contribution in [0.15, 0.2) is 23.0 Å². The predicted octanol–water partition coefficient (Wildman–Crippen LogP) is 2.83. The van der Waals surface area contributed by atoms with Crippen molar-refractivity contribution in [3.05, 3.63) is 45.8 Å². The fraction of sp³-hybridized carbons (Fsp3) is 0.455. The van der Waals surface area contributed by atoms with Crippen molar-refractivity contribution in [3.63, 3.8) is 0 Å². The van der Waals surface area contributed by atoms with Gasteiger partial charge in [0.25, 0.3) is 0 Å². The number of H-pyrrole nitrogens is 1. The zero-order chi connectivity index (χ0) is 22.4. The van der Waals surface area contributed by atoms with Gasteiger partial charge in [0.15, 0.2) is 5.75 Å². The molecule has 1 fully saturated rings. The van der Waals surface area contributed by atoms with Gasteiger partial charge in [-0.25, -0.2) is 8.78 Å². The molecule has 1 aliphatic rings. The van der Waals surface area contributed by atoms with Gasteiger partial charge in [0.05, 0.1) is 22.3 Å². The molecule has 2 aromatic heterocycles. The number of hydrogen-bond acceptors (Lipinski definition) is 5. The zero-order valence-corrected chi connectivity index (χ0v) is 18.1. The fourth-order valence-electron chi connectivity index (χ4n) is 4.57. The van der Waals surface area contributed by atoms with Crippen LogP contribution >= 0.6 is 0 Å². The summed E-state index contributed by atoms with van der Waals surface area (Å²) in [6.07, 6.45) is 0. The van der Waals surface area contributed by atoms with E-state index in [2.05, 4.69) is 40.7 Å². The smallest absolute Gasteiger partial charge is 0.235 e. The Labute approximate surface area is 178 Å². The Bertz CT molecular complexity index is 1170. The summed E-state index contributed by atoms with van der Waals surface area (Å²) in [6, 6.07) is 4.21. The highest BCUT2D eigenvalue weighted by molar-refractivity contribution is 5.84. The summed E-state index contributed by atoms with van der Waals surface area (Å²) in [7, 11) is 1.65. The molecule has 31 heavy (non-hydrogen) atoms. The van der Waals surface area contributed by atoms with Crippen LogP contribution in [-0.4, -0.2) is 61.4 Å². The lowest BCUT2D eigenvalue weighted by molar-refractivity contribution is 0.0559. The second-order valence-corrected chi connectivity index (χ2v) is 8.48. The summed E-state index contributed by atoms with van der Waals surface area (Å²) in [5, 5.41) is 15.3. The van der Waals surface area contributed by atoms with Crippen molar-refractivity contribution in [2.45, 2.75) is 39.4 Å². The summed E-state index contributed by atoms with van der Waals surface area (Å²) in [4.78, 5) is 20.5. The van der Waals surface area contributed by atoms with Crippen LogP contribution in [0, 0.1) is 11.6 Å². The van der Waals surface area contributed by atoms with E-state index in [1.165, 1.54) is 10.7 Å². The summed E-state index contributed by atoms with van der Waals surface area (Å²) in [5.41, 5.74) is -0.616. The second-order valence-electron chi connectivity index (χ2n) is 8.48. The van der Waals surface area contributed by atoms with Crippen molar-refractivity contribution in [2.75, 3.05) is 19.6 Å². The number of aromatic hydroxyl groups is 1. The minimum Gasteiger partial charge on any atom is -0.503 e. The highest BCUT2D eigenvalue weighted by Crippen LogP contribution is 2.31. The van der Waals surface area contributed by atoms with Gasteiger partial charge >= 0.3 is 0 Å². The lowest BCUT2D eigenvalue weighted by Crippen LogP contribution is -2.53. The van der Waals surface area contributed by atoms with E-state index in [1.807, 2.05) is 0 Å². The minimum atomic E-state index is -0.871. The molecule has 3 heterocycles. The Kier molecular flexibility index (Phi) is 5.57. The standard InChI is InChI=1S/C22H27F2N5O2/c1-12(2)29-9-8-28(10-13(29)3)11-16-18-20(30)21(31)19(25-22(18)27(4)26-16)17-14(23)6-5-7-15(17)24/h5-7,12-13,31H,8-11H2,1-4H3,(H,25,30)/t13-/m1/s1. The van der Waals surface area contributed by atoms with E-state index in [1.54, 1.807) is 7.05 Å². The van der Waals surface area contributed by atoms with E-state index >= 15 is 0 Å². The van der Waals surface area contributed by atoms with Gasteiger partial charge in [-0.2, -0.15) is 5.10 Å². The van der Waals surface area contributed by atoms with Crippen molar-refractivity contribution >= 4 is 11.0 Å². The highest BCUT2D eigenvalue weighted by atomic mass is 19.1. The van der Waals surface area contributed by atoms with Crippen molar-refractivity contribution in [2.24, 2.45) is 7.05 Å². The Balaban J connectivity index is 1.74. The molecule has 0 amide bonds. The van der Waals surface area contributed by atoms with Gasteiger partial charge in [-0.3, -0.25) is 19.3 Å². The van der Waals surface area contributed by atoms with Gasteiger partial charge in [0, 0.05) is 45.3 Å². The number of benzene rings is 1. The molecule has 0 saturated carbocycles. The lowest BCUT2D eigenvalue weighted by atomic mass is 10.1. The van der Waals surface area contributed by atoms with Crippen LogP contribution in [-0.2, 0) is 13.6 Å². The Morgan fingerprint density at radius 3 is 2.55 bits per heavy atom. The summed E-state index contributed by atoms with van der Waals surface area (Å²) >= 11 is 0. The van der Waals surface area contributed by atoms with Gasteiger partial charge in [0.2, 0.25) is 5.43 Å². The number of rotatable bonds is 4. The molecule has 166 valence electrons. The summed E-state index contributed by atoms with van der Waals surface area (Å²) < 4.78 is 30.0. The largest absolute Gasteiger partial charge is 0.503 e. The molecule has 1 atom stereocenters. The number of hydrogen-bond donors (Lipinski definition) is 2. The molecule has 4 rings (SSSR count). The first kappa shape index (κ1) is 21.5. The van der Waals surface area contributed by atoms with Crippen LogP contribution < -0.4 is 5.43 Å². The van der Waals surface area contributed by atoms with Crippen LogP contribution in [0.1, 0.15) is 26.5 Å². The van der Waals surface area contributed by atoms with Crippen molar-refractivity contribution < 1.29 is 13.9 Å². The van der Waals surface area contributed by atoms with E-state index < -0.39 is 28.4 Å². The number of halogens is 2. The van der Waals surface area contributed by atoms with E-state index in [-0.39, 0.29) is 11.1 Å². The van der Waals surface area contributed by atoms with E-state index in [4.69, 9.17) is 0 Å². The quantitative estimate of drug-likeness (QED) is 0.664. The lowest BCUT2D eigenvalue weighted by Gasteiger charge is -2.41. The molecular weight excluding hydrogens is 404 g/mol. The van der Waals surface area contributed by atoms with Gasteiger partial charge in [0.1, 0.15) is 17.3 Å². The Hall–Kier alpha value is -2.78. The third-order valence-corrected chi connectivity index (χ3v) is 6.05. The average molecular weight is 431 g/mol. The molecule has 0 unspecified atom stereocenters. The number of fused-ring (bicyclic) bond motifs is 1. The molecule has 3 aromatic rings. The number of aromatic nitrogens is 3. The number of piperazine rings is 1. The molecule has 0 bridgehead atoms. The first-order chi connectivity index (χ1) is 14.7. The monoisotopic (exact) mass is 431 g/mol. The number of aryl methyl sites for hydroxylation is 1. The summed E-state index contributed by atoms with van der Waals surface area (Å²) in [6.45, 7) is 9.57. The highest BCUT2D eigenvalue weighted by Gasteiger charge is 2.28. The maximum absolute atomic E-state index is 14.3. The number of aromatic amines is 1. The molecule has 7 nitrogen and oxygen atoms in total. The predicted molar refractivity (Wildman–Crippen MR) is 115 cm³/mol. The molecule has 1 aliphatic heterocycles. The average Bonchev–Trinajstić information content (AvgIpc) is 3.00. The van der Waals surface area contributed by atoms with Gasteiger partial charge in [-0.15, -0.1) is 0 Å². The molecule has 1 aromatic carbocycles. The Morgan fingerprint density at radius 1 is 1.26 bits per heavy atom. The zero-order valence-electron chi connectivity index (χ0n) is 18.1. The van der Waals surface area contributed by atoms with Gasteiger partial charge < -0.3 is 10.1 Å². The van der Waals surface area contributed by atoms with Crippen LogP contribution in [0.4, 0.5) is 8.78 Å². The molecule has 9 heteroatoms. The number of nitrogens with one attached hydrogen (secondary N) is 1. The maximum Gasteiger partial charge on any atom is 0.235 e.